The van der Waals surface area contributed by atoms with Crippen molar-refractivity contribution < 1.29 is 23.9 Å². The number of nitrogens with zero attached hydrogens (tertiary/aromatic N) is 1. The molecule has 0 spiro atoms. The van der Waals surface area contributed by atoms with Crippen LogP contribution in [0.3, 0.4) is 0 Å². The van der Waals surface area contributed by atoms with Crippen molar-refractivity contribution in [3.8, 4) is 0 Å². The van der Waals surface area contributed by atoms with E-state index < -0.39 is 11.6 Å². The summed E-state index contributed by atoms with van der Waals surface area (Å²) in [6.45, 7) is 6.34. The molecule has 1 aliphatic rings. The van der Waals surface area contributed by atoms with Gasteiger partial charge in [0.05, 0.1) is 23.4 Å². The van der Waals surface area contributed by atoms with Gasteiger partial charge in [0, 0.05) is 19.0 Å². The number of halogens is 1. The summed E-state index contributed by atoms with van der Waals surface area (Å²) in [6.07, 6.45) is 0.689. The van der Waals surface area contributed by atoms with Gasteiger partial charge in [-0.2, -0.15) is 0 Å². The average molecular weight is 397 g/mol. The van der Waals surface area contributed by atoms with Crippen LogP contribution in [-0.2, 0) is 14.3 Å². The molecule has 0 aliphatic carbocycles. The summed E-state index contributed by atoms with van der Waals surface area (Å²) in [5, 5.41) is 3.10. The highest BCUT2D eigenvalue weighted by molar-refractivity contribution is 6.33. The van der Waals surface area contributed by atoms with Crippen LogP contribution in [0.15, 0.2) is 18.2 Å². The number of nitrogens with one attached hydrogen (secondary N) is 1. The van der Waals surface area contributed by atoms with E-state index in [1.807, 2.05) is 20.8 Å². The number of carbonyl (C=O) groups excluding carboxylic acids is 3. The van der Waals surface area contributed by atoms with Gasteiger partial charge in [0.1, 0.15) is 5.60 Å². The Morgan fingerprint density at radius 2 is 1.81 bits per heavy atom. The van der Waals surface area contributed by atoms with Crippen LogP contribution < -0.4 is 5.32 Å². The van der Waals surface area contributed by atoms with Crippen LogP contribution in [0.5, 0.6) is 0 Å². The first kappa shape index (κ1) is 21.0. The predicted molar refractivity (Wildman–Crippen MR) is 102 cm³/mol. The summed E-state index contributed by atoms with van der Waals surface area (Å²) in [5.74, 6) is -0.947. The SMILES string of the molecule is COC(=O)c1ccc(Cl)c(NC(=O)C2CCN(C(=O)OC(C)(C)C)CC2)c1. The molecule has 7 nitrogen and oxygen atoms in total. The van der Waals surface area contributed by atoms with Crippen molar-refractivity contribution in [2.24, 2.45) is 5.92 Å². The number of anilines is 1. The lowest BCUT2D eigenvalue weighted by Crippen LogP contribution is -2.43. The zero-order chi connectivity index (χ0) is 20.2. The second kappa shape index (κ2) is 8.61. The highest BCUT2D eigenvalue weighted by Gasteiger charge is 2.30. The Morgan fingerprint density at radius 3 is 2.37 bits per heavy atom. The zero-order valence-electron chi connectivity index (χ0n) is 16.0. The number of esters is 1. The summed E-state index contributed by atoms with van der Waals surface area (Å²) < 4.78 is 10.0. The second-order valence-electron chi connectivity index (χ2n) is 7.42. The predicted octanol–water partition coefficient (Wildman–Crippen LogP) is 3.71. The van der Waals surface area contributed by atoms with E-state index in [-0.39, 0.29) is 17.9 Å². The molecule has 0 atom stereocenters. The molecule has 1 N–H and O–H groups in total. The van der Waals surface area contributed by atoms with Crippen LogP contribution in [0.2, 0.25) is 5.02 Å². The van der Waals surface area contributed by atoms with Gasteiger partial charge < -0.3 is 19.7 Å². The zero-order valence-corrected chi connectivity index (χ0v) is 16.8. The molecular weight excluding hydrogens is 372 g/mol. The van der Waals surface area contributed by atoms with E-state index in [1.54, 1.807) is 4.90 Å². The normalized spacial score (nSPS) is 15.2. The van der Waals surface area contributed by atoms with Crippen molar-refractivity contribution in [2.75, 3.05) is 25.5 Å². The minimum absolute atomic E-state index is 0.192. The van der Waals surface area contributed by atoms with Crippen LogP contribution in [-0.4, -0.2) is 48.7 Å². The molecule has 2 rings (SSSR count). The Morgan fingerprint density at radius 1 is 1.19 bits per heavy atom. The van der Waals surface area contributed by atoms with E-state index in [4.69, 9.17) is 16.3 Å². The number of methoxy groups -OCH3 is 1. The molecule has 0 radical (unpaired) electrons. The van der Waals surface area contributed by atoms with Gasteiger partial charge in [0.25, 0.3) is 0 Å². The molecule has 1 saturated heterocycles. The fourth-order valence-electron chi connectivity index (χ4n) is 2.75. The minimum atomic E-state index is -0.549. The molecule has 148 valence electrons. The van der Waals surface area contributed by atoms with Crippen LogP contribution in [0.4, 0.5) is 10.5 Å². The third kappa shape index (κ3) is 5.85. The lowest BCUT2D eigenvalue weighted by Gasteiger charge is -2.33. The van der Waals surface area contributed by atoms with E-state index in [2.05, 4.69) is 10.1 Å². The number of hydrogen-bond donors (Lipinski definition) is 1. The van der Waals surface area contributed by atoms with Gasteiger partial charge in [-0.05, 0) is 51.8 Å². The summed E-state index contributed by atoms with van der Waals surface area (Å²) >= 11 is 6.12. The van der Waals surface area contributed by atoms with E-state index in [1.165, 1.54) is 25.3 Å². The number of rotatable bonds is 3. The number of hydrogen-bond acceptors (Lipinski definition) is 5. The Bertz CT molecular complexity index is 721. The first-order valence-electron chi connectivity index (χ1n) is 8.77. The van der Waals surface area contributed by atoms with Crippen molar-refractivity contribution in [2.45, 2.75) is 39.2 Å². The molecule has 0 aromatic heterocycles. The fraction of sp³-hybridized carbons (Fsp3) is 0.526. The van der Waals surface area contributed by atoms with Crippen molar-refractivity contribution in [3.63, 3.8) is 0 Å². The van der Waals surface area contributed by atoms with Crippen LogP contribution in [0, 0.1) is 5.92 Å². The average Bonchev–Trinajstić information content (AvgIpc) is 2.61. The number of benzene rings is 1. The molecule has 1 heterocycles. The van der Waals surface area contributed by atoms with E-state index >= 15 is 0 Å². The molecule has 8 heteroatoms. The van der Waals surface area contributed by atoms with Crippen molar-refractivity contribution in [1.82, 2.24) is 4.90 Å². The lowest BCUT2D eigenvalue weighted by molar-refractivity contribution is -0.121. The number of carbonyl (C=O) groups is 3. The van der Waals surface area contributed by atoms with Gasteiger partial charge in [-0.25, -0.2) is 9.59 Å². The van der Waals surface area contributed by atoms with Gasteiger partial charge in [-0.3, -0.25) is 4.79 Å². The molecular formula is C19H25ClN2O5. The molecule has 0 bridgehead atoms. The third-order valence-electron chi connectivity index (χ3n) is 4.16. The van der Waals surface area contributed by atoms with Gasteiger partial charge in [-0.15, -0.1) is 0 Å². The summed E-state index contributed by atoms with van der Waals surface area (Å²) in [6, 6.07) is 4.56. The minimum Gasteiger partial charge on any atom is -0.465 e. The largest absolute Gasteiger partial charge is 0.465 e. The topological polar surface area (TPSA) is 84.9 Å². The molecule has 0 unspecified atom stereocenters. The fourth-order valence-corrected chi connectivity index (χ4v) is 2.92. The number of amides is 2. The molecule has 1 aromatic rings. The van der Waals surface area contributed by atoms with E-state index in [9.17, 15) is 14.4 Å². The first-order valence-corrected chi connectivity index (χ1v) is 9.15. The number of ether oxygens (including phenoxy) is 2. The maximum Gasteiger partial charge on any atom is 0.410 e. The molecule has 1 aromatic carbocycles. The second-order valence-corrected chi connectivity index (χ2v) is 7.82. The Kier molecular flexibility index (Phi) is 6.70. The standard InChI is InChI=1S/C19H25ClN2O5/c1-19(2,3)27-18(25)22-9-7-12(8-10-22)16(23)21-15-11-13(17(24)26-4)5-6-14(15)20/h5-6,11-12H,7-10H2,1-4H3,(H,21,23). The Balaban J connectivity index is 1.95. The maximum absolute atomic E-state index is 12.6. The summed E-state index contributed by atoms with van der Waals surface area (Å²) in [7, 11) is 1.29. The Labute approximate surface area is 163 Å². The molecule has 1 aliphatic heterocycles. The third-order valence-corrected chi connectivity index (χ3v) is 4.49. The lowest BCUT2D eigenvalue weighted by atomic mass is 9.96. The highest BCUT2D eigenvalue weighted by atomic mass is 35.5. The van der Waals surface area contributed by atoms with Gasteiger partial charge >= 0.3 is 12.1 Å². The summed E-state index contributed by atoms with van der Waals surface area (Å²) in [4.78, 5) is 37.9. The maximum atomic E-state index is 12.6. The van der Waals surface area contributed by atoms with Crippen LogP contribution >= 0.6 is 11.6 Å². The molecule has 2 amide bonds. The molecule has 0 saturated carbocycles. The molecule has 1 fully saturated rings. The van der Waals surface area contributed by atoms with Gasteiger partial charge in [-0.1, -0.05) is 11.6 Å². The smallest absolute Gasteiger partial charge is 0.410 e. The van der Waals surface area contributed by atoms with Crippen molar-refractivity contribution >= 4 is 35.3 Å². The van der Waals surface area contributed by atoms with Crippen LogP contribution in [0.1, 0.15) is 44.0 Å². The van der Waals surface area contributed by atoms with Crippen molar-refractivity contribution in [1.29, 1.82) is 0 Å². The monoisotopic (exact) mass is 396 g/mol. The number of likely N-dealkylation sites (tertiary alicyclic amines) is 1. The summed E-state index contributed by atoms with van der Waals surface area (Å²) in [5.41, 5.74) is 0.114. The molecule has 27 heavy (non-hydrogen) atoms. The van der Waals surface area contributed by atoms with E-state index in [0.717, 1.165) is 0 Å². The van der Waals surface area contributed by atoms with Gasteiger partial charge in [0.2, 0.25) is 5.91 Å². The first-order chi connectivity index (χ1) is 12.6. The number of piperidine rings is 1. The quantitative estimate of drug-likeness (QED) is 0.787. The van der Waals surface area contributed by atoms with Gasteiger partial charge in [0.15, 0.2) is 0 Å². The van der Waals surface area contributed by atoms with E-state index in [0.29, 0.717) is 42.2 Å². The van der Waals surface area contributed by atoms with Crippen molar-refractivity contribution in [3.05, 3.63) is 28.8 Å². The Hall–Kier alpha value is -2.28. The van der Waals surface area contributed by atoms with Crippen LogP contribution in [0.25, 0.3) is 0 Å². The highest BCUT2D eigenvalue weighted by Crippen LogP contribution is 2.26.